The second-order valence-corrected chi connectivity index (χ2v) is 5.03. The lowest BCUT2D eigenvalue weighted by molar-refractivity contribution is 0.0650. The Bertz CT molecular complexity index is 581. The highest BCUT2D eigenvalue weighted by Crippen LogP contribution is 2.30. The fraction of sp³-hybridized carbons (Fsp3) is 0.400. The summed E-state index contributed by atoms with van der Waals surface area (Å²) >= 11 is 0. The van der Waals surface area contributed by atoms with E-state index in [1.165, 1.54) is 12.7 Å². The van der Waals surface area contributed by atoms with Crippen molar-refractivity contribution in [2.24, 2.45) is 5.92 Å². The molecule has 2 heterocycles. The zero-order chi connectivity index (χ0) is 15.2. The molecule has 112 valence electrons. The predicted octanol–water partition coefficient (Wildman–Crippen LogP) is 2.88. The Morgan fingerprint density at radius 3 is 2.67 bits per heavy atom. The molecule has 0 aliphatic carbocycles. The Labute approximate surface area is 123 Å². The highest BCUT2D eigenvalue weighted by molar-refractivity contribution is 5.59. The molecule has 2 rings (SSSR count). The number of ether oxygens (including phenoxy) is 2. The second-order valence-electron chi connectivity index (χ2n) is 5.03. The summed E-state index contributed by atoms with van der Waals surface area (Å²) in [5.74, 6) is 1.17. The molecule has 1 atom stereocenters. The van der Waals surface area contributed by atoms with E-state index in [0.717, 1.165) is 5.69 Å². The number of hydrogen-bond acceptors (Lipinski definition) is 5. The first-order chi connectivity index (χ1) is 10.1. The summed E-state index contributed by atoms with van der Waals surface area (Å²) in [6, 6.07) is 3.99. The molecule has 6 heteroatoms. The summed E-state index contributed by atoms with van der Waals surface area (Å²) < 4.78 is 9.30. The van der Waals surface area contributed by atoms with E-state index in [4.69, 9.17) is 4.74 Å². The maximum Gasteiger partial charge on any atom is 0.508 e. The maximum absolute atomic E-state index is 11.0. The van der Waals surface area contributed by atoms with E-state index in [0.29, 0.717) is 11.7 Å². The van der Waals surface area contributed by atoms with Crippen molar-refractivity contribution >= 4 is 6.16 Å². The van der Waals surface area contributed by atoms with Gasteiger partial charge in [-0.05, 0) is 23.6 Å². The summed E-state index contributed by atoms with van der Waals surface area (Å²) in [6.45, 7) is 4.36. The molecule has 0 saturated carbocycles. The molecule has 1 unspecified atom stereocenters. The van der Waals surface area contributed by atoms with Gasteiger partial charge in [0.05, 0.1) is 7.11 Å². The van der Waals surface area contributed by atoms with E-state index in [1.54, 1.807) is 18.6 Å². The monoisotopic (exact) mass is 289 g/mol. The van der Waals surface area contributed by atoms with Crippen LogP contribution >= 0.6 is 0 Å². The van der Waals surface area contributed by atoms with Crippen LogP contribution in [0.4, 0.5) is 4.79 Å². The third-order valence-electron chi connectivity index (χ3n) is 3.21. The predicted molar refractivity (Wildman–Crippen MR) is 76.7 cm³/mol. The number of methoxy groups -OCH3 is 1. The van der Waals surface area contributed by atoms with Crippen molar-refractivity contribution in [2.75, 3.05) is 7.11 Å². The summed E-state index contributed by atoms with van der Waals surface area (Å²) in [5.41, 5.74) is 2.16. The number of H-pyrrole nitrogens is 1. The number of pyridine rings is 1. The van der Waals surface area contributed by atoms with Gasteiger partial charge >= 0.3 is 6.16 Å². The lowest BCUT2D eigenvalue weighted by atomic mass is 9.87. The highest BCUT2D eigenvalue weighted by atomic mass is 16.7. The number of rotatable bonds is 5. The molecule has 0 aliphatic heterocycles. The van der Waals surface area contributed by atoms with Crippen LogP contribution in [0.5, 0.6) is 0 Å². The van der Waals surface area contributed by atoms with E-state index in [9.17, 15) is 4.79 Å². The quantitative estimate of drug-likeness (QED) is 0.856. The van der Waals surface area contributed by atoms with Crippen LogP contribution < -0.4 is 0 Å². The molecular weight excluding hydrogens is 270 g/mol. The third kappa shape index (κ3) is 3.81. The normalized spacial score (nSPS) is 12.2. The molecule has 0 aromatic carbocycles. The van der Waals surface area contributed by atoms with Crippen molar-refractivity contribution in [3.05, 3.63) is 47.8 Å². The Morgan fingerprint density at radius 1 is 1.33 bits per heavy atom. The van der Waals surface area contributed by atoms with Gasteiger partial charge in [0.15, 0.2) is 6.61 Å². The molecule has 0 radical (unpaired) electrons. The molecule has 21 heavy (non-hydrogen) atoms. The average Bonchev–Trinajstić information content (AvgIpc) is 2.94. The average molecular weight is 289 g/mol. The molecule has 1 N–H and O–H groups in total. The van der Waals surface area contributed by atoms with Crippen LogP contribution in [-0.4, -0.2) is 28.2 Å². The van der Waals surface area contributed by atoms with Gasteiger partial charge in [0.1, 0.15) is 5.82 Å². The molecule has 0 aliphatic rings. The zero-order valence-corrected chi connectivity index (χ0v) is 12.4. The Morgan fingerprint density at radius 2 is 2.05 bits per heavy atom. The Kier molecular flexibility index (Phi) is 4.92. The molecule has 6 nitrogen and oxygen atoms in total. The van der Waals surface area contributed by atoms with Crippen LogP contribution in [0.25, 0.3) is 0 Å². The van der Waals surface area contributed by atoms with Crippen LogP contribution in [0.15, 0.2) is 30.7 Å². The largest absolute Gasteiger partial charge is 0.508 e. The topological polar surface area (TPSA) is 77.1 Å². The van der Waals surface area contributed by atoms with Crippen molar-refractivity contribution in [3.8, 4) is 0 Å². The molecule has 0 fully saturated rings. The number of hydrogen-bond donors (Lipinski definition) is 1. The molecule has 2 aromatic heterocycles. The van der Waals surface area contributed by atoms with Crippen molar-refractivity contribution in [1.82, 2.24) is 15.0 Å². The number of nitrogens with one attached hydrogen (secondary N) is 1. The van der Waals surface area contributed by atoms with Crippen molar-refractivity contribution < 1.29 is 14.3 Å². The fourth-order valence-corrected chi connectivity index (χ4v) is 2.29. The van der Waals surface area contributed by atoms with Crippen molar-refractivity contribution in [2.45, 2.75) is 26.4 Å². The fourth-order valence-electron chi connectivity index (χ4n) is 2.29. The molecule has 2 aromatic rings. The van der Waals surface area contributed by atoms with Crippen LogP contribution in [0.2, 0.25) is 0 Å². The molecule has 0 saturated heterocycles. The minimum Gasteiger partial charge on any atom is -0.438 e. The first kappa shape index (κ1) is 15.0. The first-order valence-electron chi connectivity index (χ1n) is 6.76. The highest BCUT2D eigenvalue weighted by Gasteiger charge is 2.20. The number of carbonyl (C=O) groups excluding carboxylic acids is 1. The van der Waals surface area contributed by atoms with Gasteiger partial charge in [0, 0.05) is 30.2 Å². The van der Waals surface area contributed by atoms with Crippen LogP contribution in [0.1, 0.15) is 36.8 Å². The van der Waals surface area contributed by atoms with Crippen LogP contribution in [0.3, 0.4) is 0 Å². The lowest BCUT2D eigenvalue weighted by Crippen LogP contribution is -2.09. The van der Waals surface area contributed by atoms with Crippen molar-refractivity contribution in [1.29, 1.82) is 0 Å². The minimum absolute atomic E-state index is 0.0633. The third-order valence-corrected chi connectivity index (χ3v) is 3.21. The Hall–Kier alpha value is -2.37. The summed E-state index contributed by atoms with van der Waals surface area (Å²) in [7, 11) is 1.27. The minimum atomic E-state index is -0.720. The second kappa shape index (κ2) is 6.88. The first-order valence-corrected chi connectivity index (χ1v) is 6.76. The molecular formula is C15H19N3O3. The van der Waals surface area contributed by atoms with Crippen molar-refractivity contribution in [3.63, 3.8) is 0 Å². The van der Waals surface area contributed by atoms with Gasteiger partial charge in [0.2, 0.25) is 0 Å². The maximum atomic E-state index is 11.0. The van der Waals surface area contributed by atoms with Gasteiger partial charge in [-0.1, -0.05) is 13.8 Å². The van der Waals surface area contributed by atoms with Gasteiger partial charge in [-0.2, -0.15) is 0 Å². The number of imidazole rings is 1. The van der Waals surface area contributed by atoms with Gasteiger partial charge in [-0.3, -0.25) is 4.98 Å². The van der Waals surface area contributed by atoms with Crippen LogP contribution in [-0.2, 0) is 16.1 Å². The number of carbonyl (C=O) groups is 1. The summed E-state index contributed by atoms with van der Waals surface area (Å²) in [6.07, 6.45) is 4.62. The van der Waals surface area contributed by atoms with E-state index >= 15 is 0 Å². The van der Waals surface area contributed by atoms with Gasteiger partial charge in [-0.15, -0.1) is 0 Å². The zero-order valence-electron chi connectivity index (χ0n) is 12.4. The van der Waals surface area contributed by atoms with E-state index in [2.05, 4.69) is 33.5 Å². The SMILES string of the molecule is COC(=O)OCc1ncc(C(c2ccncc2)C(C)C)[nH]1. The van der Waals surface area contributed by atoms with E-state index < -0.39 is 6.16 Å². The van der Waals surface area contributed by atoms with Gasteiger partial charge < -0.3 is 14.5 Å². The van der Waals surface area contributed by atoms with E-state index in [1.807, 2.05) is 12.1 Å². The lowest BCUT2D eigenvalue weighted by Gasteiger charge is -2.19. The number of nitrogens with zero attached hydrogens (tertiary/aromatic N) is 2. The number of aromatic nitrogens is 3. The summed E-state index contributed by atoms with van der Waals surface area (Å²) in [5, 5.41) is 0. The smallest absolute Gasteiger partial charge is 0.438 e. The Balaban J connectivity index is 2.15. The molecule has 0 amide bonds. The van der Waals surface area contributed by atoms with Gasteiger partial charge in [-0.25, -0.2) is 9.78 Å². The standard InChI is InChI=1S/C15H19N3O3/c1-10(2)14(11-4-6-16-7-5-11)12-8-17-13(18-12)9-21-15(19)20-3/h4-8,10,14H,9H2,1-3H3,(H,17,18). The molecule has 0 spiro atoms. The number of aromatic amines is 1. The molecule has 0 bridgehead atoms. The van der Waals surface area contributed by atoms with E-state index in [-0.39, 0.29) is 12.5 Å². The summed E-state index contributed by atoms with van der Waals surface area (Å²) in [4.78, 5) is 22.5. The van der Waals surface area contributed by atoms with Crippen LogP contribution in [0, 0.1) is 5.92 Å². The van der Waals surface area contributed by atoms with Gasteiger partial charge in [0.25, 0.3) is 0 Å².